The first kappa shape index (κ1) is 12.9. The molecule has 0 atom stereocenters. The summed E-state index contributed by atoms with van der Waals surface area (Å²) in [7, 11) is 0. The smallest absolute Gasteiger partial charge is 0.123 e. The van der Waals surface area contributed by atoms with Crippen LogP contribution in [-0.4, -0.2) is 6.54 Å². The van der Waals surface area contributed by atoms with Crippen molar-refractivity contribution in [3.63, 3.8) is 0 Å². The summed E-state index contributed by atoms with van der Waals surface area (Å²) in [5.41, 5.74) is 4.73. The van der Waals surface area contributed by atoms with Gasteiger partial charge in [0.2, 0.25) is 0 Å². The highest BCUT2D eigenvalue weighted by Crippen LogP contribution is 2.29. The van der Waals surface area contributed by atoms with Crippen LogP contribution in [0.3, 0.4) is 0 Å². The summed E-state index contributed by atoms with van der Waals surface area (Å²) in [4.78, 5) is 0. The van der Waals surface area contributed by atoms with Gasteiger partial charge < -0.3 is 5.32 Å². The van der Waals surface area contributed by atoms with Crippen LogP contribution in [0.5, 0.6) is 0 Å². The molecule has 1 N–H and O–H groups in total. The summed E-state index contributed by atoms with van der Waals surface area (Å²) in [6.45, 7) is 1.02. The summed E-state index contributed by atoms with van der Waals surface area (Å²) in [5, 5.41) is 3.52. The summed E-state index contributed by atoms with van der Waals surface area (Å²) in [6, 6.07) is 17.1. The van der Waals surface area contributed by atoms with E-state index in [2.05, 4.69) is 17.4 Å². The molecule has 1 nitrogen and oxygen atoms in total. The van der Waals surface area contributed by atoms with Crippen LogP contribution in [0.4, 0.5) is 4.39 Å². The fraction of sp³-hybridized carbons (Fsp3) is 0.222. The van der Waals surface area contributed by atoms with Gasteiger partial charge in [0.25, 0.3) is 0 Å². The van der Waals surface area contributed by atoms with Crippen molar-refractivity contribution in [1.82, 2.24) is 5.32 Å². The van der Waals surface area contributed by atoms with E-state index in [-0.39, 0.29) is 5.82 Å². The molecule has 0 saturated carbocycles. The van der Waals surface area contributed by atoms with Crippen molar-refractivity contribution in [1.29, 1.82) is 0 Å². The molecule has 20 heavy (non-hydrogen) atoms. The Kier molecular flexibility index (Phi) is 3.82. The minimum atomic E-state index is -0.192. The highest BCUT2D eigenvalue weighted by Gasteiger charge is 2.14. The van der Waals surface area contributed by atoms with Crippen molar-refractivity contribution in [3.05, 3.63) is 77.2 Å². The molecule has 0 bridgehead atoms. The highest BCUT2D eigenvalue weighted by molar-refractivity contribution is 5.81. The maximum absolute atomic E-state index is 13.2. The fourth-order valence-electron chi connectivity index (χ4n) is 2.70. The number of hydrogen-bond acceptors (Lipinski definition) is 1. The molecule has 2 heteroatoms. The largest absolute Gasteiger partial charge is 0.388 e. The average molecular weight is 267 g/mol. The van der Waals surface area contributed by atoms with Crippen LogP contribution in [-0.2, 0) is 0 Å². The summed E-state index contributed by atoms with van der Waals surface area (Å²) in [5.74, 6) is -0.192. The van der Waals surface area contributed by atoms with Gasteiger partial charge in [-0.05, 0) is 42.5 Å². The second kappa shape index (κ2) is 5.91. The van der Waals surface area contributed by atoms with E-state index in [1.807, 2.05) is 30.3 Å². The summed E-state index contributed by atoms with van der Waals surface area (Å²) in [6.07, 6.45) is 3.48. The first-order valence-electron chi connectivity index (χ1n) is 7.13. The maximum atomic E-state index is 13.2. The normalized spacial score (nSPS) is 17.4. The molecule has 1 aliphatic heterocycles. The van der Waals surface area contributed by atoms with E-state index in [9.17, 15) is 4.39 Å². The van der Waals surface area contributed by atoms with Crippen LogP contribution in [0.2, 0.25) is 0 Å². The van der Waals surface area contributed by atoms with E-state index in [1.54, 1.807) is 0 Å². The van der Waals surface area contributed by atoms with Crippen LogP contribution in [0.15, 0.2) is 60.3 Å². The number of rotatable bonds is 2. The van der Waals surface area contributed by atoms with Crippen LogP contribution in [0.1, 0.15) is 30.4 Å². The average Bonchev–Trinajstić information content (AvgIpc) is 2.52. The Bertz CT molecular complexity index is 591. The minimum Gasteiger partial charge on any atom is -0.388 e. The number of nitrogens with one attached hydrogen (secondary N) is 1. The van der Waals surface area contributed by atoms with Gasteiger partial charge in [-0.2, -0.15) is 0 Å². The van der Waals surface area contributed by atoms with E-state index < -0.39 is 0 Å². The Morgan fingerprint density at radius 1 is 0.850 bits per heavy atom. The molecule has 0 unspecified atom stereocenters. The predicted molar refractivity (Wildman–Crippen MR) is 80.7 cm³/mol. The molecule has 1 heterocycles. The van der Waals surface area contributed by atoms with Gasteiger partial charge in [-0.25, -0.2) is 4.39 Å². The van der Waals surface area contributed by atoms with Gasteiger partial charge in [0, 0.05) is 17.8 Å². The first-order chi connectivity index (χ1) is 9.84. The molecule has 2 aromatic rings. The molecule has 1 saturated heterocycles. The monoisotopic (exact) mass is 267 g/mol. The first-order valence-corrected chi connectivity index (χ1v) is 7.13. The van der Waals surface area contributed by atoms with E-state index in [1.165, 1.54) is 41.8 Å². The van der Waals surface area contributed by atoms with Gasteiger partial charge in [-0.15, -0.1) is 0 Å². The van der Waals surface area contributed by atoms with E-state index in [0.29, 0.717) is 0 Å². The van der Waals surface area contributed by atoms with Crippen molar-refractivity contribution >= 4 is 5.57 Å². The zero-order valence-corrected chi connectivity index (χ0v) is 11.4. The Morgan fingerprint density at radius 3 is 2.20 bits per heavy atom. The quantitative estimate of drug-likeness (QED) is 0.852. The second-order valence-corrected chi connectivity index (χ2v) is 5.11. The predicted octanol–water partition coefficient (Wildman–Crippen LogP) is 4.36. The Morgan fingerprint density at radius 2 is 1.55 bits per heavy atom. The third-order valence-electron chi connectivity index (χ3n) is 3.69. The van der Waals surface area contributed by atoms with Gasteiger partial charge in [0.05, 0.1) is 0 Å². The zero-order chi connectivity index (χ0) is 13.8. The number of halogens is 1. The van der Waals surface area contributed by atoms with Crippen molar-refractivity contribution < 1.29 is 4.39 Å². The SMILES string of the molecule is Fc1ccc(C(=C2CCCCN2)c2ccccc2)cc1. The molecule has 0 aromatic heterocycles. The molecule has 3 rings (SSSR count). The third-order valence-corrected chi connectivity index (χ3v) is 3.69. The highest BCUT2D eigenvalue weighted by atomic mass is 19.1. The molecule has 1 aliphatic rings. The van der Waals surface area contributed by atoms with Crippen LogP contribution in [0, 0.1) is 5.82 Å². The molecular weight excluding hydrogens is 249 g/mol. The molecule has 0 spiro atoms. The molecule has 0 aliphatic carbocycles. The van der Waals surface area contributed by atoms with Crippen molar-refractivity contribution in [2.75, 3.05) is 6.54 Å². The van der Waals surface area contributed by atoms with Gasteiger partial charge in [-0.3, -0.25) is 0 Å². The lowest BCUT2D eigenvalue weighted by Gasteiger charge is -2.22. The summed E-state index contributed by atoms with van der Waals surface area (Å²) < 4.78 is 13.2. The van der Waals surface area contributed by atoms with E-state index >= 15 is 0 Å². The Balaban J connectivity index is 2.10. The molecule has 0 radical (unpaired) electrons. The van der Waals surface area contributed by atoms with Gasteiger partial charge in [0.1, 0.15) is 5.82 Å². The molecule has 102 valence electrons. The zero-order valence-electron chi connectivity index (χ0n) is 11.4. The van der Waals surface area contributed by atoms with Crippen molar-refractivity contribution in [2.45, 2.75) is 19.3 Å². The Labute approximate surface area is 119 Å². The lowest BCUT2D eigenvalue weighted by atomic mass is 9.92. The Hall–Kier alpha value is -2.09. The van der Waals surface area contributed by atoms with Gasteiger partial charge in [-0.1, -0.05) is 42.5 Å². The van der Waals surface area contributed by atoms with Crippen molar-refractivity contribution in [3.8, 4) is 0 Å². The van der Waals surface area contributed by atoms with E-state index in [0.717, 1.165) is 18.5 Å². The second-order valence-electron chi connectivity index (χ2n) is 5.11. The number of benzene rings is 2. The van der Waals surface area contributed by atoms with Gasteiger partial charge >= 0.3 is 0 Å². The molecule has 2 aromatic carbocycles. The van der Waals surface area contributed by atoms with Crippen molar-refractivity contribution in [2.24, 2.45) is 0 Å². The molecule has 1 fully saturated rings. The maximum Gasteiger partial charge on any atom is 0.123 e. The lowest BCUT2D eigenvalue weighted by molar-refractivity contribution is 0.590. The minimum absolute atomic E-state index is 0.192. The molecule has 0 amide bonds. The van der Waals surface area contributed by atoms with E-state index in [4.69, 9.17) is 0 Å². The molecular formula is C18H18FN. The van der Waals surface area contributed by atoms with Gasteiger partial charge in [0.15, 0.2) is 0 Å². The number of allylic oxidation sites excluding steroid dienone is 1. The van der Waals surface area contributed by atoms with Crippen LogP contribution in [0.25, 0.3) is 5.57 Å². The standard InChI is InChI=1S/C18H18FN/c19-16-11-9-15(10-12-16)18(14-6-2-1-3-7-14)17-8-4-5-13-20-17/h1-3,6-7,9-12,20H,4-5,8,13H2. The van der Waals surface area contributed by atoms with Crippen LogP contribution < -0.4 is 5.32 Å². The number of hydrogen-bond donors (Lipinski definition) is 1. The topological polar surface area (TPSA) is 12.0 Å². The number of piperidine rings is 1. The lowest BCUT2D eigenvalue weighted by Crippen LogP contribution is -2.21. The fourth-order valence-corrected chi connectivity index (χ4v) is 2.70. The third kappa shape index (κ3) is 2.74. The van der Waals surface area contributed by atoms with Crippen LogP contribution >= 0.6 is 0 Å². The summed E-state index contributed by atoms with van der Waals surface area (Å²) >= 11 is 0.